The van der Waals surface area contributed by atoms with Crippen LogP contribution in [0, 0.1) is 6.92 Å². The van der Waals surface area contributed by atoms with Crippen LogP contribution in [-0.2, 0) is 23.8 Å². The third-order valence-corrected chi connectivity index (χ3v) is 5.96. The number of ether oxygens (including phenoxy) is 2. The fraction of sp³-hybridized carbons (Fsp3) is 0.652. The van der Waals surface area contributed by atoms with Crippen LogP contribution in [0.25, 0.3) is 0 Å². The van der Waals surface area contributed by atoms with Crippen LogP contribution in [0.1, 0.15) is 47.1 Å². The Morgan fingerprint density at radius 2 is 1.26 bits per heavy atom. The number of carbonyl (C=O) groups is 2. The van der Waals surface area contributed by atoms with E-state index in [9.17, 15) is 18.0 Å². The van der Waals surface area contributed by atoms with Gasteiger partial charge in [0.25, 0.3) is 10.1 Å². The molecule has 0 unspecified atom stereocenters. The van der Waals surface area contributed by atoms with Gasteiger partial charge in [-0.25, -0.2) is 9.59 Å². The molecule has 0 radical (unpaired) electrons. The average Bonchev–Trinajstić information content (AvgIpc) is 2.59. The molecule has 192 valence electrons. The topological polar surface area (TPSA) is 123 Å². The van der Waals surface area contributed by atoms with E-state index in [2.05, 4.69) is 0 Å². The minimum atomic E-state index is -3.80. The summed E-state index contributed by atoms with van der Waals surface area (Å²) in [5.41, 5.74) is -0.0482. The molecule has 0 bridgehead atoms. The van der Waals surface area contributed by atoms with Gasteiger partial charge in [-0.1, -0.05) is 17.7 Å². The number of hydrogen-bond acceptors (Lipinski definition) is 8. The Kier molecular flexibility index (Phi) is 8.60. The Bertz CT molecular complexity index is 952. The first-order valence-corrected chi connectivity index (χ1v) is 12.5. The van der Waals surface area contributed by atoms with Crippen molar-refractivity contribution in [3.63, 3.8) is 0 Å². The highest BCUT2D eigenvalue weighted by molar-refractivity contribution is 7.86. The minimum Gasteiger partial charge on any atom is -0.444 e. The summed E-state index contributed by atoms with van der Waals surface area (Å²) in [6.45, 7) is 13.9. The normalized spacial score (nSPS) is 17.2. The smallest absolute Gasteiger partial charge is 0.410 e. The Balaban J connectivity index is 0.000000287. The molecule has 34 heavy (non-hydrogen) atoms. The van der Waals surface area contributed by atoms with Gasteiger partial charge in [0, 0.05) is 0 Å². The van der Waals surface area contributed by atoms with Crippen LogP contribution in [0.4, 0.5) is 9.59 Å². The quantitative estimate of drug-likeness (QED) is 0.629. The van der Waals surface area contributed by atoms with E-state index in [0.717, 1.165) is 5.56 Å². The molecular weight excluding hydrogens is 464 g/mol. The van der Waals surface area contributed by atoms with Gasteiger partial charge in [0.05, 0.1) is 37.2 Å². The number of nitrogens with zero attached hydrogens (tertiary/aromatic N) is 2. The van der Waals surface area contributed by atoms with Crippen molar-refractivity contribution < 1.29 is 36.8 Å². The molecule has 2 heterocycles. The zero-order valence-electron chi connectivity index (χ0n) is 20.9. The standard InChI is InChI=1S/C15H21NO5S.C8H15NO3/c1-11-5-7-13(8-6-11)22(18,19)21-12-9-16(10-12)14(17)20-15(2,3)4;1-8(2,3)12-7(11)9-4-6(10)5-9/h5-8,12H,9-10H2,1-4H3;6,10H,4-5H2,1-3H3. The lowest BCUT2D eigenvalue weighted by atomic mass is 10.2. The van der Waals surface area contributed by atoms with Crippen molar-refractivity contribution in [1.82, 2.24) is 9.80 Å². The van der Waals surface area contributed by atoms with Gasteiger partial charge in [0.2, 0.25) is 0 Å². The molecule has 0 saturated carbocycles. The second-order valence-corrected chi connectivity index (χ2v) is 12.0. The van der Waals surface area contributed by atoms with Crippen LogP contribution in [0.5, 0.6) is 0 Å². The molecule has 1 aromatic carbocycles. The highest BCUT2D eigenvalue weighted by Gasteiger charge is 2.37. The zero-order valence-corrected chi connectivity index (χ0v) is 21.7. The molecule has 0 aromatic heterocycles. The predicted octanol–water partition coefficient (Wildman–Crippen LogP) is 2.92. The van der Waals surface area contributed by atoms with E-state index in [1.54, 1.807) is 32.9 Å². The van der Waals surface area contributed by atoms with Crippen molar-refractivity contribution in [2.75, 3.05) is 26.2 Å². The summed E-state index contributed by atoms with van der Waals surface area (Å²) >= 11 is 0. The molecule has 1 aromatic rings. The van der Waals surface area contributed by atoms with Gasteiger partial charge in [-0.05, 0) is 60.6 Å². The van der Waals surface area contributed by atoms with E-state index in [-0.39, 0.29) is 30.2 Å². The van der Waals surface area contributed by atoms with E-state index in [1.165, 1.54) is 21.9 Å². The summed E-state index contributed by atoms with van der Waals surface area (Å²) in [4.78, 5) is 26.0. The van der Waals surface area contributed by atoms with Gasteiger partial charge < -0.3 is 24.4 Å². The fourth-order valence-electron chi connectivity index (χ4n) is 2.85. The van der Waals surface area contributed by atoms with Gasteiger partial charge in [0.15, 0.2) is 0 Å². The van der Waals surface area contributed by atoms with Crippen LogP contribution in [-0.4, -0.2) is 85.1 Å². The number of hydrogen-bond donors (Lipinski definition) is 1. The molecule has 0 aliphatic carbocycles. The molecule has 0 spiro atoms. The van der Waals surface area contributed by atoms with Crippen molar-refractivity contribution in [1.29, 1.82) is 0 Å². The van der Waals surface area contributed by atoms with Crippen LogP contribution in [0.2, 0.25) is 0 Å². The lowest BCUT2D eigenvalue weighted by Crippen LogP contribution is -2.56. The number of aryl methyl sites for hydroxylation is 1. The summed E-state index contributed by atoms with van der Waals surface area (Å²) in [5.74, 6) is 0. The number of amides is 2. The van der Waals surface area contributed by atoms with E-state index < -0.39 is 33.5 Å². The van der Waals surface area contributed by atoms with Gasteiger partial charge in [-0.3, -0.25) is 4.18 Å². The highest BCUT2D eigenvalue weighted by atomic mass is 32.2. The molecule has 2 amide bonds. The van der Waals surface area contributed by atoms with Gasteiger partial charge in [-0.2, -0.15) is 8.42 Å². The summed E-state index contributed by atoms with van der Waals surface area (Å²) in [6.07, 6.45) is -1.69. The Morgan fingerprint density at radius 3 is 1.65 bits per heavy atom. The van der Waals surface area contributed by atoms with Crippen molar-refractivity contribution in [2.45, 2.75) is 76.8 Å². The maximum Gasteiger partial charge on any atom is 0.410 e. The molecule has 2 saturated heterocycles. The van der Waals surface area contributed by atoms with Gasteiger partial charge >= 0.3 is 12.2 Å². The molecule has 2 aliphatic rings. The predicted molar refractivity (Wildman–Crippen MR) is 125 cm³/mol. The Morgan fingerprint density at radius 1 is 0.853 bits per heavy atom. The third kappa shape index (κ3) is 8.77. The van der Waals surface area contributed by atoms with E-state index in [0.29, 0.717) is 13.1 Å². The molecule has 3 rings (SSSR count). The maximum absolute atomic E-state index is 12.1. The number of carbonyl (C=O) groups excluding carboxylic acids is 2. The first-order valence-electron chi connectivity index (χ1n) is 11.1. The molecule has 2 aliphatic heterocycles. The maximum atomic E-state index is 12.1. The van der Waals surface area contributed by atoms with Crippen LogP contribution in [0.15, 0.2) is 29.2 Å². The van der Waals surface area contributed by atoms with E-state index in [4.69, 9.17) is 18.8 Å². The van der Waals surface area contributed by atoms with Crippen LogP contribution in [0.3, 0.4) is 0 Å². The molecular formula is C23H36N2O8S. The highest BCUT2D eigenvalue weighted by Crippen LogP contribution is 2.22. The second kappa shape index (κ2) is 10.5. The first-order chi connectivity index (χ1) is 15.4. The van der Waals surface area contributed by atoms with Crippen molar-refractivity contribution in [2.24, 2.45) is 0 Å². The van der Waals surface area contributed by atoms with Crippen LogP contribution >= 0.6 is 0 Å². The summed E-state index contributed by atoms with van der Waals surface area (Å²) in [5, 5.41) is 8.92. The molecule has 11 heteroatoms. The monoisotopic (exact) mass is 500 g/mol. The summed E-state index contributed by atoms with van der Waals surface area (Å²) < 4.78 is 39.6. The first kappa shape index (κ1) is 27.9. The van der Waals surface area contributed by atoms with Crippen molar-refractivity contribution >= 4 is 22.3 Å². The van der Waals surface area contributed by atoms with E-state index in [1.807, 2.05) is 27.7 Å². The fourth-order valence-corrected chi connectivity index (χ4v) is 3.91. The largest absolute Gasteiger partial charge is 0.444 e. The second-order valence-electron chi connectivity index (χ2n) is 10.4. The lowest BCUT2D eigenvalue weighted by molar-refractivity contribution is -0.0303. The van der Waals surface area contributed by atoms with E-state index >= 15 is 0 Å². The van der Waals surface area contributed by atoms with Crippen molar-refractivity contribution in [3.8, 4) is 0 Å². The number of benzene rings is 1. The number of β-amino-alcohol motifs (C(OH)–C–C–N with tert-alkyl or cyclic N) is 1. The molecule has 1 N–H and O–H groups in total. The Labute approximate surface area is 201 Å². The lowest BCUT2D eigenvalue weighted by Gasteiger charge is -2.38. The molecule has 2 fully saturated rings. The third-order valence-electron chi connectivity index (χ3n) is 4.59. The summed E-state index contributed by atoms with van der Waals surface area (Å²) in [6, 6.07) is 6.44. The van der Waals surface area contributed by atoms with Crippen LogP contribution < -0.4 is 0 Å². The minimum absolute atomic E-state index is 0.119. The summed E-state index contributed by atoms with van der Waals surface area (Å²) in [7, 11) is -3.80. The number of aliphatic hydroxyl groups excluding tert-OH is 1. The van der Waals surface area contributed by atoms with Gasteiger partial charge in [-0.15, -0.1) is 0 Å². The average molecular weight is 501 g/mol. The number of aliphatic hydroxyl groups is 1. The number of rotatable bonds is 3. The van der Waals surface area contributed by atoms with Gasteiger partial charge in [0.1, 0.15) is 17.3 Å². The SMILES string of the molecule is CC(C)(C)OC(=O)N1CC(O)C1.Cc1ccc(S(=O)(=O)OC2CN(C(=O)OC(C)(C)C)C2)cc1. The molecule has 0 atom stereocenters. The number of likely N-dealkylation sites (tertiary alicyclic amines) is 2. The van der Waals surface area contributed by atoms with Crippen molar-refractivity contribution in [3.05, 3.63) is 29.8 Å². The zero-order chi connectivity index (χ0) is 25.9. The molecule has 10 nitrogen and oxygen atoms in total. The Hall–Kier alpha value is -2.37.